The molecule has 3 aromatic rings. The van der Waals surface area contributed by atoms with E-state index in [9.17, 15) is 4.79 Å². The molecule has 0 aliphatic carbocycles. The van der Waals surface area contributed by atoms with Gasteiger partial charge in [-0.2, -0.15) is 0 Å². The number of anilines is 1. The lowest BCUT2D eigenvalue weighted by molar-refractivity contribution is -0.113. The van der Waals surface area contributed by atoms with Gasteiger partial charge < -0.3 is 10.1 Å². The third-order valence-electron chi connectivity index (χ3n) is 4.30. The van der Waals surface area contributed by atoms with Gasteiger partial charge in [-0.05, 0) is 43.2 Å². The maximum Gasteiger partial charge on any atom is 0.234 e. The average molecular weight is 443 g/mol. The Labute approximate surface area is 185 Å². The average Bonchev–Trinajstić information content (AvgIpc) is 3.10. The molecule has 1 N–H and O–H groups in total. The van der Waals surface area contributed by atoms with Gasteiger partial charge in [-0.25, -0.2) is 0 Å². The fourth-order valence-electron chi connectivity index (χ4n) is 2.74. The van der Waals surface area contributed by atoms with E-state index in [1.807, 2.05) is 48.7 Å². The number of nitrogens with one attached hydrogen (secondary N) is 1. The highest BCUT2D eigenvalue weighted by molar-refractivity contribution is 7.99. The fraction of sp³-hybridized carbons (Fsp3) is 0.227. The van der Waals surface area contributed by atoms with Crippen LogP contribution in [0.2, 0.25) is 5.02 Å². The highest BCUT2D eigenvalue weighted by Gasteiger charge is 2.15. The number of hydrogen-bond donors (Lipinski definition) is 1. The van der Waals surface area contributed by atoms with Crippen molar-refractivity contribution < 1.29 is 9.53 Å². The number of para-hydroxylation sites is 1. The molecule has 0 unspecified atom stereocenters. The zero-order chi connectivity index (χ0) is 21.5. The van der Waals surface area contributed by atoms with Crippen molar-refractivity contribution in [3.63, 3.8) is 0 Å². The van der Waals surface area contributed by atoms with Crippen molar-refractivity contribution in [2.75, 3.05) is 11.1 Å². The minimum atomic E-state index is -0.101. The van der Waals surface area contributed by atoms with Crippen molar-refractivity contribution in [1.29, 1.82) is 0 Å². The summed E-state index contributed by atoms with van der Waals surface area (Å²) < 4.78 is 7.65. The summed E-state index contributed by atoms with van der Waals surface area (Å²) in [6, 6.07) is 13.2. The van der Waals surface area contributed by atoms with Crippen LogP contribution in [0.25, 0.3) is 0 Å². The summed E-state index contributed by atoms with van der Waals surface area (Å²) in [5.74, 6) is 1.33. The summed E-state index contributed by atoms with van der Waals surface area (Å²) in [4.78, 5) is 12.4. The van der Waals surface area contributed by atoms with E-state index >= 15 is 0 Å². The zero-order valence-corrected chi connectivity index (χ0v) is 18.5. The molecule has 0 radical (unpaired) electrons. The van der Waals surface area contributed by atoms with E-state index in [0.29, 0.717) is 28.3 Å². The minimum absolute atomic E-state index is 0.101. The Balaban J connectivity index is 1.64. The van der Waals surface area contributed by atoms with Crippen molar-refractivity contribution in [3.05, 3.63) is 77.1 Å². The Morgan fingerprint density at radius 2 is 2.07 bits per heavy atom. The number of hydrogen-bond acceptors (Lipinski definition) is 5. The summed E-state index contributed by atoms with van der Waals surface area (Å²) in [5.41, 5.74) is 2.94. The number of rotatable bonds is 9. The molecule has 0 atom stereocenters. The first-order chi connectivity index (χ1) is 14.5. The predicted octanol–water partition coefficient (Wildman–Crippen LogP) is 5.04. The van der Waals surface area contributed by atoms with Crippen molar-refractivity contribution in [2.45, 2.75) is 32.2 Å². The number of carbonyl (C=O) groups is 1. The molecule has 0 saturated heterocycles. The van der Waals surface area contributed by atoms with Crippen LogP contribution in [0.4, 0.5) is 5.69 Å². The largest absolute Gasteiger partial charge is 0.484 e. The smallest absolute Gasteiger partial charge is 0.234 e. The Hall–Kier alpha value is -2.77. The molecule has 0 saturated carbocycles. The third-order valence-corrected chi connectivity index (χ3v) is 5.58. The molecule has 3 rings (SSSR count). The van der Waals surface area contributed by atoms with E-state index in [1.54, 1.807) is 18.2 Å². The zero-order valence-electron chi connectivity index (χ0n) is 16.9. The van der Waals surface area contributed by atoms with Gasteiger partial charge in [-0.15, -0.1) is 16.8 Å². The van der Waals surface area contributed by atoms with Gasteiger partial charge in [0.25, 0.3) is 0 Å². The first-order valence-corrected chi connectivity index (χ1v) is 10.7. The number of aryl methyl sites for hydroxylation is 2. The van der Waals surface area contributed by atoms with Gasteiger partial charge in [-0.1, -0.05) is 53.7 Å². The number of benzene rings is 2. The third kappa shape index (κ3) is 5.64. The van der Waals surface area contributed by atoms with Gasteiger partial charge in [0, 0.05) is 12.2 Å². The molecule has 1 aromatic heterocycles. The molecule has 0 aliphatic heterocycles. The molecular formula is C22H23ClN4O2S. The van der Waals surface area contributed by atoms with Gasteiger partial charge in [0.1, 0.15) is 12.4 Å². The lowest BCUT2D eigenvalue weighted by Gasteiger charge is -2.11. The van der Waals surface area contributed by atoms with E-state index in [0.717, 1.165) is 16.8 Å². The number of aromatic nitrogens is 3. The lowest BCUT2D eigenvalue weighted by atomic mass is 10.1. The Morgan fingerprint density at radius 1 is 1.27 bits per heavy atom. The van der Waals surface area contributed by atoms with Crippen LogP contribution >= 0.6 is 23.4 Å². The minimum Gasteiger partial charge on any atom is -0.484 e. The number of halogens is 1. The van der Waals surface area contributed by atoms with Crippen molar-refractivity contribution in [3.8, 4) is 5.75 Å². The molecule has 2 aromatic carbocycles. The van der Waals surface area contributed by atoms with Gasteiger partial charge in [-0.3, -0.25) is 9.36 Å². The highest BCUT2D eigenvalue weighted by atomic mass is 35.5. The summed E-state index contributed by atoms with van der Waals surface area (Å²) in [5, 5.41) is 12.5. The monoisotopic (exact) mass is 442 g/mol. The molecule has 30 heavy (non-hydrogen) atoms. The Bertz CT molecular complexity index is 1050. The maximum absolute atomic E-state index is 12.4. The van der Waals surface area contributed by atoms with Crippen LogP contribution in [0.3, 0.4) is 0 Å². The van der Waals surface area contributed by atoms with Crippen LogP contribution in [0.5, 0.6) is 5.75 Å². The SMILES string of the molecule is C=CCn1c(COc2ccccc2Cl)nnc1SCC(=O)Nc1cc(C)ccc1C. The summed E-state index contributed by atoms with van der Waals surface area (Å²) in [6.07, 6.45) is 1.75. The van der Waals surface area contributed by atoms with Gasteiger partial charge in [0.15, 0.2) is 11.0 Å². The van der Waals surface area contributed by atoms with Gasteiger partial charge >= 0.3 is 0 Å². The van der Waals surface area contributed by atoms with Gasteiger partial charge in [0.2, 0.25) is 5.91 Å². The Kier molecular flexibility index (Phi) is 7.54. The second kappa shape index (κ2) is 10.3. The highest BCUT2D eigenvalue weighted by Crippen LogP contribution is 2.25. The molecule has 1 heterocycles. The van der Waals surface area contributed by atoms with E-state index in [4.69, 9.17) is 16.3 Å². The molecule has 156 valence electrons. The maximum atomic E-state index is 12.4. The van der Waals surface area contributed by atoms with Crippen LogP contribution in [-0.4, -0.2) is 26.4 Å². The second-order valence-corrected chi connectivity index (χ2v) is 8.02. The summed E-state index contributed by atoms with van der Waals surface area (Å²) in [6.45, 7) is 8.47. The normalized spacial score (nSPS) is 10.6. The van der Waals surface area contributed by atoms with E-state index in [1.165, 1.54) is 11.8 Å². The fourth-order valence-corrected chi connectivity index (χ4v) is 3.69. The molecular weight excluding hydrogens is 420 g/mol. The molecule has 0 aliphatic rings. The molecule has 0 bridgehead atoms. The molecule has 8 heteroatoms. The number of thioether (sulfide) groups is 1. The van der Waals surface area contributed by atoms with E-state index in [-0.39, 0.29) is 18.3 Å². The number of amides is 1. The number of ether oxygens (including phenoxy) is 1. The van der Waals surface area contributed by atoms with Crippen LogP contribution in [-0.2, 0) is 17.9 Å². The number of nitrogens with zero attached hydrogens (tertiary/aromatic N) is 3. The van der Waals surface area contributed by atoms with E-state index in [2.05, 4.69) is 22.1 Å². The topological polar surface area (TPSA) is 69.0 Å². The summed E-state index contributed by atoms with van der Waals surface area (Å²) in [7, 11) is 0. The van der Waals surface area contributed by atoms with Crippen molar-refractivity contribution >= 4 is 35.0 Å². The Morgan fingerprint density at radius 3 is 2.83 bits per heavy atom. The van der Waals surface area contributed by atoms with Gasteiger partial charge in [0.05, 0.1) is 10.8 Å². The molecule has 0 spiro atoms. The molecule has 6 nitrogen and oxygen atoms in total. The van der Waals surface area contributed by atoms with E-state index < -0.39 is 0 Å². The molecule has 1 amide bonds. The van der Waals surface area contributed by atoms with Crippen LogP contribution in [0.1, 0.15) is 17.0 Å². The number of allylic oxidation sites excluding steroid dienone is 1. The van der Waals surface area contributed by atoms with Crippen molar-refractivity contribution in [1.82, 2.24) is 14.8 Å². The van der Waals surface area contributed by atoms with Crippen LogP contribution in [0, 0.1) is 13.8 Å². The first-order valence-electron chi connectivity index (χ1n) is 9.38. The lowest BCUT2D eigenvalue weighted by Crippen LogP contribution is -2.15. The second-order valence-electron chi connectivity index (χ2n) is 6.67. The van der Waals surface area contributed by atoms with Crippen molar-refractivity contribution in [2.24, 2.45) is 0 Å². The number of carbonyl (C=O) groups excluding carboxylic acids is 1. The quantitative estimate of drug-likeness (QED) is 0.371. The first kappa shape index (κ1) is 21.9. The molecule has 0 fully saturated rings. The van der Waals surface area contributed by atoms with Crippen LogP contribution in [0.15, 0.2) is 60.3 Å². The standard InChI is InChI=1S/C22H23ClN4O2S/c1-4-11-27-20(13-29-19-8-6-5-7-17(19)23)25-26-22(27)30-14-21(28)24-18-12-15(2)9-10-16(18)3/h4-10,12H,1,11,13-14H2,2-3H3,(H,24,28). The predicted molar refractivity (Wildman–Crippen MR) is 121 cm³/mol. The summed E-state index contributed by atoms with van der Waals surface area (Å²) >= 11 is 7.45. The van der Waals surface area contributed by atoms with Crippen LogP contribution < -0.4 is 10.1 Å².